The minimum absolute atomic E-state index is 0.361. The number of nitrogens with zero attached hydrogens (tertiary/aromatic N) is 3. The third-order valence-electron chi connectivity index (χ3n) is 3.44. The van der Waals surface area contributed by atoms with E-state index in [0.29, 0.717) is 28.4 Å². The number of rotatable bonds is 2. The molecule has 0 spiro atoms. The van der Waals surface area contributed by atoms with E-state index in [1.807, 2.05) is 0 Å². The average Bonchev–Trinajstić information content (AvgIpc) is 2.35. The van der Waals surface area contributed by atoms with Crippen LogP contribution in [0.1, 0.15) is 18.9 Å². The number of anilines is 1. The number of nitriles is 1. The Morgan fingerprint density at radius 3 is 3.06 bits per heavy atom. The van der Waals surface area contributed by atoms with Gasteiger partial charge in [-0.25, -0.2) is 4.98 Å². The fourth-order valence-electron chi connectivity index (χ4n) is 2.37. The lowest BCUT2D eigenvalue weighted by Crippen LogP contribution is -2.43. The van der Waals surface area contributed by atoms with Crippen molar-refractivity contribution < 1.29 is 0 Å². The molecule has 1 saturated heterocycles. The van der Waals surface area contributed by atoms with Gasteiger partial charge in [0.25, 0.3) is 0 Å². The first-order valence-electron chi connectivity index (χ1n) is 6.11. The summed E-state index contributed by atoms with van der Waals surface area (Å²) < 4.78 is 0. The Bertz CT molecular complexity index is 469. The normalized spacial score (nSPS) is 24.6. The van der Waals surface area contributed by atoms with E-state index in [0.717, 1.165) is 19.5 Å². The van der Waals surface area contributed by atoms with Crippen molar-refractivity contribution in [1.82, 2.24) is 9.88 Å². The molecule has 1 N–H and O–H groups in total. The number of nitrogens with one attached hydrogen (secondary N) is 1. The molecule has 96 valence electrons. The molecule has 0 radical (unpaired) electrons. The summed E-state index contributed by atoms with van der Waals surface area (Å²) in [5.74, 6) is 1.16. The van der Waals surface area contributed by atoms with Gasteiger partial charge in [-0.1, -0.05) is 18.5 Å². The van der Waals surface area contributed by atoms with Gasteiger partial charge >= 0.3 is 0 Å². The van der Waals surface area contributed by atoms with Crippen molar-refractivity contribution in [2.45, 2.75) is 19.4 Å². The molecule has 0 saturated carbocycles. The largest absolute Gasteiger partial charge is 0.366 e. The van der Waals surface area contributed by atoms with Gasteiger partial charge in [-0.05, 0) is 32.0 Å². The van der Waals surface area contributed by atoms with Gasteiger partial charge in [0.1, 0.15) is 16.9 Å². The Kier molecular flexibility index (Phi) is 4.05. The highest BCUT2D eigenvalue weighted by atomic mass is 35.5. The summed E-state index contributed by atoms with van der Waals surface area (Å²) >= 11 is 6.15. The van der Waals surface area contributed by atoms with Crippen LogP contribution < -0.4 is 5.32 Å². The molecule has 2 rings (SSSR count). The highest BCUT2D eigenvalue weighted by molar-refractivity contribution is 6.34. The Morgan fingerprint density at radius 1 is 1.61 bits per heavy atom. The zero-order valence-electron chi connectivity index (χ0n) is 10.7. The van der Waals surface area contributed by atoms with Crippen LogP contribution in [0.3, 0.4) is 0 Å². The second-order valence-electron chi connectivity index (χ2n) is 4.91. The van der Waals surface area contributed by atoms with Crippen molar-refractivity contribution in [3.63, 3.8) is 0 Å². The van der Waals surface area contributed by atoms with E-state index in [1.54, 1.807) is 12.3 Å². The molecule has 5 heteroatoms. The molecule has 4 nitrogen and oxygen atoms in total. The lowest BCUT2D eigenvalue weighted by molar-refractivity contribution is 0.206. The highest BCUT2D eigenvalue weighted by Crippen LogP contribution is 2.26. The molecule has 2 heterocycles. The standard InChI is InChI=1S/C13H17ClN4/c1-9-8-18(2)6-4-11(9)17-13-12(14)10(7-15)3-5-16-13/h3,5,9,11H,4,6,8H2,1-2H3,(H,16,17). The molecular weight excluding hydrogens is 248 g/mol. The van der Waals surface area contributed by atoms with Gasteiger partial charge in [0.2, 0.25) is 0 Å². The number of hydrogen-bond donors (Lipinski definition) is 1. The maximum Gasteiger partial charge on any atom is 0.146 e. The Labute approximate surface area is 113 Å². The number of aromatic nitrogens is 1. The minimum atomic E-state index is 0.361. The quantitative estimate of drug-likeness (QED) is 0.891. The predicted octanol–water partition coefficient (Wildman–Crippen LogP) is 2.36. The number of hydrogen-bond acceptors (Lipinski definition) is 4. The lowest BCUT2D eigenvalue weighted by Gasteiger charge is -2.35. The van der Waals surface area contributed by atoms with Crippen LogP contribution in [0.2, 0.25) is 5.02 Å². The van der Waals surface area contributed by atoms with Crippen molar-refractivity contribution in [3.8, 4) is 6.07 Å². The fraction of sp³-hybridized carbons (Fsp3) is 0.538. The molecule has 0 amide bonds. The zero-order valence-corrected chi connectivity index (χ0v) is 11.4. The molecule has 0 aliphatic carbocycles. The average molecular weight is 265 g/mol. The molecule has 2 unspecified atom stereocenters. The van der Waals surface area contributed by atoms with Crippen LogP contribution in [-0.4, -0.2) is 36.1 Å². The predicted molar refractivity (Wildman–Crippen MR) is 72.7 cm³/mol. The number of pyridine rings is 1. The summed E-state index contributed by atoms with van der Waals surface area (Å²) in [6.45, 7) is 4.35. The van der Waals surface area contributed by atoms with Crippen LogP contribution in [0, 0.1) is 17.2 Å². The summed E-state index contributed by atoms with van der Waals surface area (Å²) in [6, 6.07) is 4.06. The summed E-state index contributed by atoms with van der Waals surface area (Å²) in [6.07, 6.45) is 2.68. The fourth-order valence-corrected chi connectivity index (χ4v) is 2.58. The molecular formula is C13H17ClN4. The van der Waals surface area contributed by atoms with Gasteiger partial charge in [-0.15, -0.1) is 0 Å². The monoisotopic (exact) mass is 264 g/mol. The van der Waals surface area contributed by atoms with Crippen LogP contribution in [0.4, 0.5) is 5.82 Å². The molecule has 18 heavy (non-hydrogen) atoms. The van der Waals surface area contributed by atoms with E-state index in [4.69, 9.17) is 16.9 Å². The molecule has 0 bridgehead atoms. The number of likely N-dealkylation sites (tertiary alicyclic amines) is 1. The third kappa shape index (κ3) is 2.74. The van der Waals surface area contributed by atoms with Crippen LogP contribution in [-0.2, 0) is 0 Å². The Morgan fingerprint density at radius 2 is 2.39 bits per heavy atom. The van der Waals surface area contributed by atoms with Gasteiger partial charge in [0.05, 0.1) is 5.56 Å². The molecule has 1 fully saturated rings. The molecule has 1 aliphatic heterocycles. The Hall–Kier alpha value is -1.31. The van der Waals surface area contributed by atoms with Crippen molar-refractivity contribution >= 4 is 17.4 Å². The third-order valence-corrected chi connectivity index (χ3v) is 3.82. The van der Waals surface area contributed by atoms with Gasteiger partial charge in [0, 0.05) is 18.8 Å². The molecule has 0 aromatic carbocycles. The van der Waals surface area contributed by atoms with Crippen molar-refractivity contribution in [2.24, 2.45) is 5.92 Å². The number of halogens is 1. The van der Waals surface area contributed by atoms with E-state index in [9.17, 15) is 0 Å². The van der Waals surface area contributed by atoms with E-state index < -0.39 is 0 Å². The Balaban J connectivity index is 2.13. The SMILES string of the molecule is CC1CN(C)CCC1Nc1nccc(C#N)c1Cl. The maximum absolute atomic E-state index is 8.94. The lowest BCUT2D eigenvalue weighted by atomic mass is 9.94. The second-order valence-corrected chi connectivity index (χ2v) is 5.29. The van der Waals surface area contributed by atoms with Gasteiger partial charge < -0.3 is 10.2 Å². The zero-order chi connectivity index (χ0) is 13.1. The van der Waals surface area contributed by atoms with E-state index in [-0.39, 0.29) is 0 Å². The molecule has 1 aromatic rings. The molecule has 1 aromatic heterocycles. The number of piperidine rings is 1. The first-order chi connectivity index (χ1) is 8.61. The first kappa shape index (κ1) is 13.1. The first-order valence-corrected chi connectivity index (χ1v) is 6.49. The van der Waals surface area contributed by atoms with Crippen molar-refractivity contribution in [1.29, 1.82) is 5.26 Å². The topological polar surface area (TPSA) is 52.0 Å². The summed E-state index contributed by atoms with van der Waals surface area (Å²) in [5, 5.41) is 12.7. The molecule has 2 atom stereocenters. The highest BCUT2D eigenvalue weighted by Gasteiger charge is 2.25. The van der Waals surface area contributed by atoms with Gasteiger partial charge in [-0.2, -0.15) is 5.26 Å². The van der Waals surface area contributed by atoms with Crippen molar-refractivity contribution in [2.75, 3.05) is 25.5 Å². The minimum Gasteiger partial charge on any atom is -0.366 e. The van der Waals surface area contributed by atoms with Crippen molar-refractivity contribution in [3.05, 3.63) is 22.8 Å². The van der Waals surface area contributed by atoms with E-state index in [2.05, 4.69) is 35.2 Å². The van der Waals surface area contributed by atoms with Crippen LogP contribution in [0.25, 0.3) is 0 Å². The van der Waals surface area contributed by atoms with Gasteiger partial charge in [0.15, 0.2) is 0 Å². The summed E-state index contributed by atoms with van der Waals surface area (Å²) in [7, 11) is 2.13. The van der Waals surface area contributed by atoms with Crippen LogP contribution in [0.5, 0.6) is 0 Å². The smallest absolute Gasteiger partial charge is 0.146 e. The second kappa shape index (κ2) is 5.55. The van der Waals surface area contributed by atoms with Gasteiger partial charge in [-0.3, -0.25) is 0 Å². The van der Waals surface area contributed by atoms with E-state index in [1.165, 1.54) is 0 Å². The maximum atomic E-state index is 8.94. The van der Waals surface area contributed by atoms with Crippen LogP contribution in [0.15, 0.2) is 12.3 Å². The van der Waals surface area contributed by atoms with Crippen LogP contribution >= 0.6 is 11.6 Å². The summed E-state index contributed by atoms with van der Waals surface area (Å²) in [5.41, 5.74) is 0.467. The van der Waals surface area contributed by atoms with E-state index >= 15 is 0 Å². The summed E-state index contributed by atoms with van der Waals surface area (Å²) in [4.78, 5) is 6.55. The molecule has 1 aliphatic rings.